The highest BCUT2D eigenvalue weighted by molar-refractivity contribution is 5.95. The molecule has 5 heteroatoms. The van der Waals surface area contributed by atoms with E-state index in [4.69, 9.17) is 9.47 Å². The maximum absolute atomic E-state index is 12.3. The molecule has 1 N–H and O–H groups in total. The van der Waals surface area contributed by atoms with Crippen LogP contribution in [0.4, 0.5) is 0 Å². The normalized spacial score (nSPS) is 21.2. The number of esters is 1. The molecule has 0 fully saturated rings. The topological polar surface area (TPSA) is 64.6 Å². The van der Waals surface area contributed by atoms with Gasteiger partial charge in [0.2, 0.25) is 0 Å². The van der Waals surface area contributed by atoms with Crippen molar-refractivity contribution in [3.63, 3.8) is 0 Å². The van der Waals surface area contributed by atoms with E-state index in [2.05, 4.69) is 5.32 Å². The molecule has 2 atom stereocenters. The Balaban J connectivity index is 1.36. The zero-order valence-corrected chi connectivity index (χ0v) is 13.0. The van der Waals surface area contributed by atoms with Crippen LogP contribution < -0.4 is 10.1 Å². The van der Waals surface area contributed by atoms with E-state index in [0.29, 0.717) is 18.5 Å². The summed E-state index contributed by atoms with van der Waals surface area (Å²) in [6.45, 7) is 0.392. The van der Waals surface area contributed by atoms with Crippen LogP contribution in [0.15, 0.2) is 48.5 Å². The molecule has 2 aromatic rings. The van der Waals surface area contributed by atoms with Gasteiger partial charge in [-0.3, -0.25) is 4.79 Å². The summed E-state index contributed by atoms with van der Waals surface area (Å²) in [7, 11) is 0. The Hall–Kier alpha value is -2.82. The molecule has 2 aliphatic heterocycles. The van der Waals surface area contributed by atoms with Gasteiger partial charge in [0.1, 0.15) is 11.9 Å². The maximum Gasteiger partial charge on any atom is 0.339 e. The van der Waals surface area contributed by atoms with E-state index < -0.39 is 12.1 Å². The summed E-state index contributed by atoms with van der Waals surface area (Å²) in [6, 6.07) is 15.1. The quantitative estimate of drug-likeness (QED) is 0.876. The highest BCUT2D eigenvalue weighted by atomic mass is 16.5. The third kappa shape index (κ3) is 2.73. The number of ether oxygens (including phenoxy) is 2. The van der Waals surface area contributed by atoms with E-state index in [0.717, 1.165) is 23.3 Å². The summed E-state index contributed by atoms with van der Waals surface area (Å²) in [5, 5.41) is 2.84. The molecule has 0 saturated heterocycles. The smallest absolute Gasteiger partial charge is 0.339 e. The zero-order chi connectivity index (χ0) is 16.5. The first kappa shape index (κ1) is 14.8. The van der Waals surface area contributed by atoms with Gasteiger partial charge >= 0.3 is 5.97 Å². The first-order valence-corrected chi connectivity index (χ1v) is 8.02. The fraction of sp³-hybridized carbons (Fsp3) is 0.263. The Morgan fingerprint density at radius 1 is 1.00 bits per heavy atom. The van der Waals surface area contributed by atoms with Crippen molar-refractivity contribution in [2.45, 2.75) is 25.0 Å². The van der Waals surface area contributed by atoms with Crippen molar-refractivity contribution in [1.29, 1.82) is 0 Å². The average molecular weight is 323 g/mol. The highest BCUT2D eigenvalue weighted by Gasteiger charge is 2.32. The Kier molecular flexibility index (Phi) is 3.69. The van der Waals surface area contributed by atoms with Crippen LogP contribution in [0.25, 0.3) is 0 Å². The predicted molar refractivity (Wildman–Crippen MR) is 86.9 cm³/mol. The molecule has 24 heavy (non-hydrogen) atoms. The van der Waals surface area contributed by atoms with Crippen LogP contribution in [-0.2, 0) is 22.4 Å². The van der Waals surface area contributed by atoms with E-state index in [1.165, 1.54) is 0 Å². The van der Waals surface area contributed by atoms with Crippen molar-refractivity contribution in [1.82, 2.24) is 5.32 Å². The number of nitrogens with one attached hydrogen (secondary N) is 1. The van der Waals surface area contributed by atoms with Crippen LogP contribution in [0.5, 0.6) is 5.75 Å². The van der Waals surface area contributed by atoms with Crippen molar-refractivity contribution < 1.29 is 19.1 Å². The van der Waals surface area contributed by atoms with Gasteiger partial charge in [-0.05, 0) is 23.3 Å². The monoisotopic (exact) mass is 323 g/mol. The number of fused-ring (bicyclic) bond motifs is 2. The number of cyclic esters (lactones) is 1. The molecule has 122 valence electrons. The predicted octanol–water partition coefficient (Wildman–Crippen LogP) is 1.89. The molecule has 0 unspecified atom stereocenters. The van der Waals surface area contributed by atoms with Gasteiger partial charge in [0.15, 0.2) is 6.10 Å². The summed E-state index contributed by atoms with van der Waals surface area (Å²) in [4.78, 5) is 24.3. The van der Waals surface area contributed by atoms with Crippen molar-refractivity contribution in [2.75, 3.05) is 6.54 Å². The minimum atomic E-state index is -0.781. The van der Waals surface area contributed by atoms with Gasteiger partial charge in [0.05, 0.1) is 12.1 Å². The van der Waals surface area contributed by atoms with Crippen LogP contribution in [0.2, 0.25) is 0 Å². The molecule has 0 aliphatic carbocycles. The summed E-state index contributed by atoms with van der Waals surface area (Å²) < 4.78 is 11.1. The molecule has 0 saturated carbocycles. The van der Waals surface area contributed by atoms with Gasteiger partial charge in [0.25, 0.3) is 5.91 Å². The lowest BCUT2D eigenvalue weighted by Gasteiger charge is -2.24. The van der Waals surface area contributed by atoms with E-state index in [-0.39, 0.29) is 12.0 Å². The van der Waals surface area contributed by atoms with Crippen molar-refractivity contribution in [3.8, 4) is 5.75 Å². The second-order valence-electron chi connectivity index (χ2n) is 6.05. The molecule has 4 rings (SSSR count). The number of amides is 1. The van der Waals surface area contributed by atoms with Crippen molar-refractivity contribution in [2.24, 2.45) is 0 Å². The first-order chi connectivity index (χ1) is 11.7. The molecule has 5 nitrogen and oxygen atoms in total. The van der Waals surface area contributed by atoms with Crippen LogP contribution in [-0.4, -0.2) is 30.6 Å². The molecule has 1 amide bonds. The molecule has 0 aromatic heterocycles. The van der Waals surface area contributed by atoms with Crippen LogP contribution in [0.3, 0.4) is 0 Å². The Morgan fingerprint density at radius 3 is 2.58 bits per heavy atom. The van der Waals surface area contributed by atoms with Gasteiger partial charge in [-0.25, -0.2) is 4.79 Å². The lowest BCUT2D eigenvalue weighted by molar-refractivity contribution is -0.130. The first-order valence-electron chi connectivity index (χ1n) is 8.02. The number of hydrogen-bond acceptors (Lipinski definition) is 4. The van der Waals surface area contributed by atoms with Crippen LogP contribution in [0, 0.1) is 0 Å². The number of hydrogen-bond donors (Lipinski definition) is 1. The number of benzene rings is 2. The molecule has 0 spiro atoms. The number of para-hydroxylation sites is 1. The third-order valence-electron chi connectivity index (χ3n) is 4.40. The minimum absolute atomic E-state index is 0.0853. The fourth-order valence-corrected chi connectivity index (χ4v) is 3.17. The van der Waals surface area contributed by atoms with Gasteiger partial charge < -0.3 is 14.8 Å². The average Bonchev–Trinajstić information content (AvgIpc) is 3.02. The largest absolute Gasteiger partial charge is 0.488 e. The van der Waals surface area contributed by atoms with Gasteiger partial charge in [-0.2, -0.15) is 0 Å². The van der Waals surface area contributed by atoms with E-state index in [9.17, 15) is 9.59 Å². The van der Waals surface area contributed by atoms with Crippen molar-refractivity contribution in [3.05, 3.63) is 65.2 Å². The second kappa shape index (κ2) is 6.00. The SMILES string of the molecule is O=C1O[C@H](C(=O)NC[C@@H]2Cc3ccccc3O2)Cc2ccccc21. The lowest BCUT2D eigenvalue weighted by Crippen LogP contribution is -2.44. The molecule has 2 aliphatic rings. The molecule has 0 radical (unpaired) electrons. The Labute approximate surface area is 139 Å². The van der Waals surface area contributed by atoms with E-state index >= 15 is 0 Å². The Bertz CT molecular complexity index is 776. The van der Waals surface area contributed by atoms with E-state index in [1.807, 2.05) is 36.4 Å². The van der Waals surface area contributed by atoms with Gasteiger partial charge in [0, 0.05) is 12.8 Å². The standard InChI is InChI=1S/C19H17NO4/c21-18(17-10-12-5-1-3-7-15(12)19(22)24-17)20-11-14-9-13-6-2-4-8-16(13)23-14/h1-8,14,17H,9-11H2,(H,20,21)/t14-,17-/m0/s1. The van der Waals surface area contributed by atoms with Crippen LogP contribution in [0.1, 0.15) is 21.5 Å². The summed E-state index contributed by atoms with van der Waals surface area (Å²) in [5.41, 5.74) is 2.53. The van der Waals surface area contributed by atoms with Crippen LogP contribution >= 0.6 is 0 Å². The third-order valence-corrected chi connectivity index (χ3v) is 4.40. The Morgan fingerprint density at radius 2 is 1.75 bits per heavy atom. The molecule has 2 heterocycles. The molecular weight excluding hydrogens is 306 g/mol. The van der Waals surface area contributed by atoms with Crippen molar-refractivity contribution >= 4 is 11.9 Å². The second-order valence-corrected chi connectivity index (χ2v) is 6.05. The number of carbonyl (C=O) groups is 2. The fourth-order valence-electron chi connectivity index (χ4n) is 3.17. The summed E-state index contributed by atoms with van der Waals surface area (Å²) in [5.74, 6) is 0.147. The number of rotatable bonds is 3. The zero-order valence-electron chi connectivity index (χ0n) is 13.0. The summed E-state index contributed by atoms with van der Waals surface area (Å²) >= 11 is 0. The van der Waals surface area contributed by atoms with Gasteiger partial charge in [-0.1, -0.05) is 36.4 Å². The van der Waals surface area contributed by atoms with E-state index in [1.54, 1.807) is 12.1 Å². The molecule has 2 aromatic carbocycles. The van der Waals surface area contributed by atoms with Gasteiger partial charge in [-0.15, -0.1) is 0 Å². The molecule has 0 bridgehead atoms. The minimum Gasteiger partial charge on any atom is -0.488 e. The maximum atomic E-state index is 12.3. The lowest BCUT2D eigenvalue weighted by atomic mass is 9.98. The summed E-state index contributed by atoms with van der Waals surface area (Å²) in [6.07, 6.45) is 0.303. The highest BCUT2D eigenvalue weighted by Crippen LogP contribution is 2.27. The number of carbonyl (C=O) groups excluding carboxylic acids is 2. The molecular formula is C19H17NO4.